The molecule has 2 aromatic carbocycles. The zero-order valence-corrected chi connectivity index (χ0v) is 15.7. The largest absolute Gasteiger partial charge is 0.493 e. The van der Waals surface area contributed by atoms with E-state index in [1.165, 1.54) is 5.56 Å². The van der Waals surface area contributed by atoms with E-state index in [2.05, 4.69) is 24.4 Å². The van der Waals surface area contributed by atoms with Gasteiger partial charge in [-0.2, -0.15) is 0 Å². The van der Waals surface area contributed by atoms with Gasteiger partial charge in [-0.3, -0.25) is 4.79 Å². The second-order valence-electron chi connectivity index (χ2n) is 7.60. The number of amides is 1. The van der Waals surface area contributed by atoms with Crippen LogP contribution in [0.4, 0.5) is 5.69 Å². The fourth-order valence-corrected chi connectivity index (χ4v) is 4.17. The predicted octanol–water partition coefficient (Wildman–Crippen LogP) is 4.14. The molecule has 140 valence electrons. The Labute approximate surface area is 159 Å². The predicted molar refractivity (Wildman–Crippen MR) is 103 cm³/mol. The molecule has 1 N–H and O–H groups in total. The first kappa shape index (κ1) is 16.5. The average Bonchev–Trinajstić information content (AvgIpc) is 3.42. The van der Waals surface area contributed by atoms with Crippen LogP contribution in [0.3, 0.4) is 0 Å². The summed E-state index contributed by atoms with van der Waals surface area (Å²) in [5, 5.41) is 3.59. The first-order valence-corrected chi connectivity index (χ1v) is 9.80. The number of rotatable bonds is 4. The number of anilines is 1. The highest BCUT2D eigenvalue weighted by Gasteiger charge is 2.43. The number of hydrogen-bond acceptors (Lipinski definition) is 4. The molecule has 5 heteroatoms. The van der Waals surface area contributed by atoms with Gasteiger partial charge in [0.1, 0.15) is 23.8 Å². The van der Waals surface area contributed by atoms with E-state index in [9.17, 15) is 4.79 Å². The molecule has 1 saturated carbocycles. The van der Waals surface area contributed by atoms with Gasteiger partial charge in [0, 0.05) is 29.3 Å². The topological polar surface area (TPSA) is 50.8 Å². The lowest BCUT2D eigenvalue weighted by atomic mass is 10.00. The first-order chi connectivity index (χ1) is 13.2. The van der Waals surface area contributed by atoms with Gasteiger partial charge < -0.3 is 19.7 Å². The van der Waals surface area contributed by atoms with Gasteiger partial charge in [-0.05, 0) is 51.0 Å². The summed E-state index contributed by atoms with van der Waals surface area (Å²) in [5.74, 6) is 1.84. The zero-order valence-electron chi connectivity index (χ0n) is 15.7. The van der Waals surface area contributed by atoms with Crippen molar-refractivity contribution in [1.29, 1.82) is 0 Å². The van der Waals surface area contributed by atoms with Crippen molar-refractivity contribution in [3.8, 4) is 11.5 Å². The lowest BCUT2D eigenvalue weighted by Gasteiger charge is -2.39. The highest BCUT2D eigenvalue weighted by atomic mass is 16.5. The molecule has 0 saturated heterocycles. The molecule has 3 aliphatic rings. The number of ether oxygens (including phenoxy) is 2. The number of carbonyl (C=O) groups excluding carboxylic acids is 1. The van der Waals surface area contributed by atoms with Crippen molar-refractivity contribution < 1.29 is 14.3 Å². The molecule has 1 fully saturated rings. The maximum Gasteiger partial charge on any atom is 0.258 e. The van der Waals surface area contributed by atoms with Gasteiger partial charge in [0.25, 0.3) is 5.91 Å². The van der Waals surface area contributed by atoms with Crippen molar-refractivity contribution in [2.24, 2.45) is 0 Å². The maximum atomic E-state index is 13.3. The normalized spacial score (nSPS) is 23.3. The molecular weight excluding hydrogens is 340 g/mol. The highest BCUT2D eigenvalue weighted by molar-refractivity contribution is 6.02. The lowest BCUT2D eigenvalue weighted by molar-refractivity contribution is 0.0663. The number of benzene rings is 2. The molecule has 5 rings (SSSR count). The molecule has 2 aromatic rings. The number of fused-ring (bicyclic) bond motifs is 2. The molecule has 0 spiro atoms. The van der Waals surface area contributed by atoms with Crippen LogP contribution >= 0.6 is 0 Å². The Kier molecular flexibility index (Phi) is 3.78. The van der Waals surface area contributed by atoms with Crippen molar-refractivity contribution in [3.63, 3.8) is 0 Å². The summed E-state index contributed by atoms with van der Waals surface area (Å²) in [6.45, 7) is 4.65. The molecule has 2 heterocycles. The Morgan fingerprint density at radius 2 is 2.07 bits per heavy atom. The molecule has 2 aliphatic heterocycles. The van der Waals surface area contributed by atoms with E-state index in [1.807, 2.05) is 36.1 Å². The minimum absolute atomic E-state index is 0.0917. The minimum atomic E-state index is -0.244. The van der Waals surface area contributed by atoms with E-state index in [0.29, 0.717) is 6.61 Å². The van der Waals surface area contributed by atoms with Crippen LogP contribution in [0.5, 0.6) is 11.5 Å². The number of nitrogens with one attached hydrogen (secondary N) is 1. The van der Waals surface area contributed by atoms with Gasteiger partial charge in [-0.25, -0.2) is 0 Å². The fraction of sp³-hybridized carbons (Fsp3) is 0.409. The summed E-state index contributed by atoms with van der Waals surface area (Å²) in [6, 6.07) is 12.2. The minimum Gasteiger partial charge on any atom is -0.493 e. The summed E-state index contributed by atoms with van der Waals surface area (Å²) >= 11 is 0. The van der Waals surface area contributed by atoms with Gasteiger partial charge in [0.2, 0.25) is 0 Å². The Hall–Kier alpha value is -2.69. The van der Waals surface area contributed by atoms with Gasteiger partial charge >= 0.3 is 0 Å². The first-order valence-electron chi connectivity index (χ1n) is 9.80. The van der Waals surface area contributed by atoms with E-state index < -0.39 is 0 Å². The SMILES string of the molecule is CCOc1cc2c(cc1[C@@H]1Nc3ccccc3C(=O)N1C1CC1)O[C@@H](C)C2. The van der Waals surface area contributed by atoms with E-state index in [0.717, 1.165) is 47.6 Å². The van der Waals surface area contributed by atoms with Crippen LogP contribution in [-0.2, 0) is 6.42 Å². The van der Waals surface area contributed by atoms with Crippen molar-refractivity contribution in [2.45, 2.75) is 51.4 Å². The third-order valence-electron chi connectivity index (χ3n) is 5.53. The number of para-hydroxylation sites is 1. The lowest BCUT2D eigenvalue weighted by Crippen LogP contribution is -2.44. The van der Waals surface area contributed by atoms with Crippen molar-refractivity contribution in [2.75, 3.05) is 11.9 Å². The Bertz CT molecular complexity index is 906. The molecule has 2 atom stereocenters. The summed E-state index contributed by atoms with van der Waals surface area (Å²) in [7, 11) is 0. The van der Waals surface area contributed by atoms with E-state index in [-0.39, 0.29) is 24.2 Å². The van der Waals surface area contributed by atoms with E-state index >= 15 is 0 Å². The summed E-state index contributed by atoms with van der Waals surface area (Å²) in [4.78, 5) is 15.2. The molecule has 0 unspecified atom stereocenters. The third kappa shape index (κ3) is 2.73. The molecular formula is C22H24N2O3. The molecule has 5 nitrogen and oxygen atoms in total. The molecule has 1 amide bonds. The van der Waals surface area contributed by atoms with Crippen LogP contribution in [-0.4, -0.2) is 29.6 Å². The quantitative estimate of drug-likeness (QED) is 0.886. The Morgan fingerprint density at radius 3 is 2.85 bits per heavy atom. The number of nitrogens with zero attached hydrogens (tertiary/aromatic N) is 1. The fourth-order valence-electron chi connectivity index (χ4n) is 4.17. The van der Waals surface area contributed by atoms with Crippen LogP contribution in [0.15, 0.2) is 36.4 Å². The smallest absolute Gasteiger partial charge is 0.258 e. The Balaban J connectivity index is 1.62. The van der Waals surface area contributed by atoms with Crippen molar-refractivity contribution >= 4 is 11.6 Å². The second kappa shape index (κ2) is 6.19. The Morgan fingerprint density at radius 1 is 1.26 bits per heavy atom. The van der Waals surface area contributed by atoms with Crippen LogP contribution in [0.1, 0.15) is 54.3 Å². The maximum absolute atomic E-state index is 13.3. The summed E-state index contributed by atoms with van der Waals surface area (Å²) in [5.41, 5.74) is 3.76. The van der Waals surface area contributed by atoms with Gasteiger partial charge in [-0.15, -0.1) is 0 Å². The molecule has 0 radical (unpaired) electrons. The van der Waals surface area contributed by atoms with Gasteiger partial charge in [0.15, 0.2) is 0 Å². The monoisotopic (exact) mass is 364 g/mol. The molecule has 0 aromatic heterocycles. The summed E-state index contributed by atoms with van der Waals surface area (Å²) in [6.07, 6.45) is 2.92. The second-order valence-corrected chi connectivity index (χ2v) is 7.60. The zero-order chi connectivity index (χ0) is 18.5. The van der Waals surface area contributed by atoms with Crippen LogP contribution in [0.2, 0.25) is 0 Å². The van der Waals surface area contributed by atoms with Gasteiger partial charge in [-0.1, -0.05) is 12.1 Å². The molecule has 1 aliphatic carbocycles. The average molecular weight is 364 g/mol. The van der Waals surface area contributed by atoms with E-state index in [4.69, 9.17) is 9.47 Å². The van der Waals surface area contributed by atoms with Crippen LogP contribution in [0, 0.1) is 0 Å². The summed E-state index contributed by atoms with van der Waals surface area (Å²) < 4.78 is 12.0. The number of carbonyl (C=O) groups is 1. The molecule has 27 heavy (non-hydrogen) atoms. The highest BCUT2D eigenvalue weighted by Crippen LogP contribution is 2.45. The number of hydrogen-bond donors (Lipinski definition) is 1. The van der Waals surface area contributed by atoms with Crippen molar-refractivity contribution in [3.05, 3.63) is 53.1 Å². The molecule has 0 bridgehead atoms. The third-order valence-corrected chi connectivity index (χ3v) is 5.53. The van der Waals surface area contributed by atoms with Gasteiger partial charge in [0.05, 0.1) is 12.2 Å². The standard InChI is InChI=1S/C22H24N2O3/c1-3-26-20-11-14-10-13(2)27-19(14)12-17(20)21-23-18-7-5-4-6-16(18)22(25)24(21)15-8-9-15/h4-7,11-13,15,21,23H,3,8-10H2,1-2H3/t13-,21+/m0/s1. The van der Waals surface area contributed by atoms with Crippen LogP contribution < -0.4 is 14.8 Å². The van der Waals surface area contributed by atoms with Crippen LogP contribution in [0.25, 0.3) is 0 Å². The van der Waals surface area contributed by atoms with E-state index in [1.54, 1.807) is 0 Å². The van der Waals surface area contributed by atoms with Crippen molar-refractivity contribution in [1.82, 2.24) is 4.90 Å².